The Bertz CT molecular complexity index is 264. The van der Waals surface area contributed by atoms with Crippen molar-refractivity contribution in [2.24, 2.45) is 11.7 Å². The molecule has 1 aliphatic heterocycles. The zero-order valence-corrected chi connectivity index (χ0v) is 11.7. The summed E-state index contributed by atoms with van der Waals surface area (Å²) in [5.41, 5.74) is 9.20. The second kappa shape index (κ2) is 5.22. The molecule has 2 N–H and O–H groups in total. The van der Waals surface area contributed by atoms with Crippen molar-refractivity contribution in [3.05, 3.63) is 11.3 Å². The molecule has 1 heterocycles. The summed E-state index contributed by atoms with van der Waals surface area (Å²) in [5.74, 6) is 0.662. The summed E-state index contributed by atoms with van der Waals surface area (Å²) in [5, 5.41) is 0. The molecule has 0 aliphatic carbocycles. The van der Waals surface area contributed by atoms with Crippen LogP contribution in [-0.2, 0) is 0 Å². The molecule has 16 heavy (non-hydrogen) atoms. The SMILES string of the molecule is CC1=C(C(C)C)CCC(C(C)N)N1C(C)C. The van der Waals surface area contributed by atoms with Crippen LogP contribution in [-0.4, -0.2) is 23.0 Å². The first-order valence-electron chi connectivity index (χ1n) is 6.59. The zero-order chi connectivity index (χ0) is 12.5. The van der Waals surface area contributed by atoms with Crippen LogP contribution in [0.15, 0.2) is 11.3 Å². The maximum atomic E-state index is 6.11. The highest BCUT2D eigenvalue weighted by Gasteiger charge is 2.30. The van der Waals surface area contributed by atoms with Crippen LogP contribution in [0.2, 0.25) is 0 Å². The van der Waals surface area contributed by atoms with Gasteiger partial charge in [0.1, 0.15) is 0 Å². The van der Waals surface area contributed by atoms with E-state index in [4.69, 9.17) is 5.73 Å². The van der Waals surface area contributed by atoms with Gasteiger partial charge in [0.25, 0.3) is 0 Å². The fourth-order valence-electron chi connectivity index (χ4n) is 3.03. The van der Waals surface area contributed by atoms with Crippen molar-refractivity contribution in [1.29, 1.82) is 0 Å². The highest BCUT2D eigenvalue weighted by molar-refractivity contribution is 5.19. The van der Waals surface area contributed by atoms with Gasteiger partial charge in [0.15, 0.2) is 0 Å². The predicted octanol–water partition coefficient (Wildman–Crippen LogP) is 3.14. The van der Waals surface area contributed by atoms with E-state index in [1.54, 1.807) is 5.57 Å². The molecule has 94 valence electrons. The van der Waals surface area contributed by atoms with E-state index in [2.05, 4.69) is 46.4 Å². The minimum atomic E-state index is 0.256. The van der Waals surface area contributed by atoms with Gasteiger partial charge in [-0.05, 0) is 52.0 Å². The third kappa shape index (κ3) is 2.60. The number of hydrogen-bond donors (Lipinski definition) is 1. The molecule has 0 saturated heterocycles. The Kier molecular flexibility index (Phi) is 4.43. The Morgan fingerprint density at radius 2 is 1.75 bits per heavy atom. The molecule has 0 aromatic rings. The molecule has 0 saturated carbocycles. The van der Waals surface area contributed by atoms with Gasteiger partial charge in [-0.15, -0.1) is 0 Å². The molecular formula is C14H28N2. The van der Waals surface area contributed by atoms with Crippen LogP contribution in [0.4, 0.5) is 0 Å². The second-order valence-electron chi connectivity index (χ2n) is 5.73. The van der Waals surface area contributed by atoms with Crippen molar-refractivity contribution in [2.45, 2.75) is 72.5 Å². The fourth-order valence-corrected chi connectivity index (χ4v) is 3.03. The second-order valence-corrected chi connectivity index (χ2v) is 5.73. The molecule has 0 amide bonds. The molecule has 0 radical (unpaired) electrons. The highest BCUT2D eigenvalue weighted by Crippen LogP contribution is 2.33. The third-order valence-electron chi connectivity index (χ3n) is 3.78. The minimum absolute atomic E-state index is 0.256. The van der Waals surface area contributed by atoms with Gasteiger partial charge in [-0.3, -0.25) is 0 Å². The van der Waals surface area contributed by atoms with Gasteiger partial charge in [-0.1, -0.05) is 13.8 Å². The molecular weight excluding hydrogens is 196 g/mol. The smallest absolute Gasteiger partial charge is 0.0441 e. The molecule has 0 fully saturated rings. The van der Waals surface area contributed by atoms with E-state index in [9.17, 15) is 0 Å². The Hall–Kier alpha value is -0.500. The molecule has 2 atom stereocenters. The van der Waals surface area contributed by atoms with Crippen molar-refractivity contribution in [1.82, 2.24) is 4.90 Å². The largest absolute Gasteiger partial charge is 0.368 e. The molecule has 1 rings (SSSR count). The lowest BCUT2D eigenvalue weighted by atomic mass is 9.86. The van der Waals surface area contributed by atoms with Crippen molar-refractivity contribution < 1.29 is 0 Å². The summed E-state index contributed by atoms with van der Waals surface area (Å²) in [6, 6.07) is 1.32. The number of rotatable bonds is 3. The number of hydrogen-bond acceptors (Lipinski definition) is 2. The van der Waals surface area contributed by atoms with Crippen molar-refractivity contribution in [3.63, 3.8) is 0 Å². The lowest BCUT2D eigenvalue weighted by Gasteiger charge is -2.45. The molecule has 0 spiro atoms. The summed E-state index contributed by atoms with van der Waals surface area (Å²) in [4.78, 5) is 2.53. The Morgan fingerprint density at radius 3 is 2.12 bits per heavy atom. The molecule has 0 aromatic carbocycles. The predicted molar refractivity (Wildman–Crippen MR) is 71.2 cm³/mol. The van der Waals surface area contributed by atoms with Gasteiger partial charge in [0, 0.05) is 23.8 Å². The van der Waals surface area contributed by atoms with E-state index in [0.29, 0.717) is 18.0 Å². The lowest BCUT2D eigenvalue weighted by Crippen LogP contribution is -2.50. The van der Waals surface area contributed by atoms with Gasteiger partial charge in [-0.25, -0.2) is 0 Å². The molecule has 0 aromatic heterocycles. The van der Waals surface area contributed by atoms with E-state index >= 15 is 0 Å². The van der Waals surface area contributed by atoms with Crippen molar-refractivity contribution in [3.8, 4) is 0 Å². The Balaban J connectivity index is 3.03. The van der Waals surface area contributed by atoms with Crippen LogP contribution in [0, 0.1) is 5.92 Å². The van der Waals surface area contributed by atoms with Gasteiger partial charge in [0.05, 0.1) is 0 Å². The summed E-state index contributed by atoms with van der Waals surface area (Å²) < 4.78 is 0. The Morgan fingerprint density at radius 1 is 1.19 bits per heavy atom. The Labute approximate surface area is 101 Å². The summed E-state index contributed by atoms with van der Waals surface area (Å²) in [7, 11) is 0. The maximum absolute atomic E-state index is 6.11. The van der Waals surface area contributed by atoms with Crippen LogP contribution >= 0.6 is 0 Å². The lowest BCUT2D eigenvalue weighted by molar-refractivity contribution is 0.155. The van der Waals surface area contributed by atoms with Gasteiger partial charge >= 0.3 is 0 Å². The number of nitrogens with two attached hydrogens (primary N) is 1. The monoisotopic (exact) mass is 224 g/mol. The zero-order valence-electron chi connectivity index (χ0n) is 11.7. The van der Waals surface area contributed by atoms with Crippen molar-refractivity contribution >= 4 is 0 Å². The molecule has 0 bridgehead atoms. The minimum Gasteiger partial charge on any atom is -0.368 e. The average Bonchev–Trinajstić information content (AvgIpc) is 2.15. The van der Waals surface area contributed by atoms with Crippen LogP contribution in [0.3, 0.4) is 0 Å². The number of nitrogens with zero attached hydrogens (tertiary/aromatic N) is 1. The quantitative estimate of drug-likeness (QED) is 0.798. The normalized spacial score (nSPS) is 24.6. The molecule has 2 unspecified atom stereocenters. The van der Waals surface area contributed by atoms with Crippen LogP contribution in [0.1, 0.15) is 54.4 Å². The van der Waals surface area contributed by atoms with Gasteiger partial charge in [0.2, 0.25) is 0 Å². The summed E-state index contributed by atoms with van der Waals surface area (Å²) in [6.45, 7) is 13.5. The standard InChI is InChI=1S/C14H28N2/c1-9(2)13-7-8-14(11(5)15)16(10(3)4)12(13)6/h9-11,14H,7-8,15H2,1-6H3. The third-order valence-corrected chi connectivity index (χ3v) is 3.78. The van der Waals surface area contributed by atoms with E-state index in [1.807, 2.05) is 0 Å². The van der Waals surface area contributed by atoms with Crippen LogP contribution in [0.25, 0.3) is 0 Å². The van der Waals surface area contributed by atoms with Crippen molar-refractivity contribution in [2.75, 3.05) is 0 Å². The molecule has 2 heteroatoms. The van der Waals surface area contributed by atoms with E-state index in [-0.39, 0.29) is 6.04 Å². The molecule has 2 nitrogen and oxygen atoms in total. The van der Waals surface area contributed by atoms with Crippen LogP contribution < -0.4 is 5.73 Å². The van der Waals surface area contributed by atoms with E-state index in [0.717, 1.165) is 0 Å². The number of allylic oxidation sites excluding steroid dienone is 2. The van der Waals surface area contributed by atoms with E-state index < -0.39 is 0 Å². The first kappa shape index (κ1) is 13.6. The summed E-state index contributed by atoms with van der Waals surface area (Å²) in [6.07, 6.45) is 2.43. The first-order valence-corrected chi connectivity index (χ1v) is 6.59. The maximum Gasteiger partial charge on any atom is 0.0441 e. The first-order chi connectivity index (χ1) is 7.36. The van der Waals surface area contributed by atoms with Crippen LogP contribution in [0.5, 0.6) is 0 Å². The van der Waals surface area contributed by atoms with Gasteiger partial charge in [-0.2, -0.15) is 0 Å². The van der Waals surface area contributed by atoms with E-state index in [1.165, 1.54) is 18.5 Å². The topological polar surface area (TPSA) is 29.3 Å². The van der Waals surface area contributed by atoms with Gasteiger partial charge < -0.3 is 10.6 Å². The summed E-state index contributed by atoms with van der Waals surface area (Å²) >= 11 is 0. The molecule has 1 aliphatic rings. The fraction of sp³-hybridized carbons (Fsp3) is 0.857. The highest BCUT2D eigenvalue weighted by atomic mass is 15.2. The average molecular weight is 224 g/mol.